The van der Waals surface area contributed by atoms with Crippen LogP contribution in [0.4, 0.5) is 5.13 Å². The minimum Gasteiger partial charge on any atom is -0.301 e. The minimum atomic E-state index is -0.0784. The Bertz CT molecular complexity index is 1090. The Labute approximate surface area is 182 Å². The molecule has 1 N–H and O–H groups in total. The van der Waals surface area contributed by atoms with Gasteiger partial charge in [-0.1, -0.05) is 66.2 Å². The maximum Gasteiger partial charge on any atom is 0.236 e. The van der Waals surface area contributed by atoms with E-state index in [0.717, 1.165) is 21.7 Å². The SMILES string of the molecule is O=C(CSc1ccc(Cl)cc1)Nc1nc(-c2ccc(-c3ccccc3)cc2)cs1. The number of nitrogens with zero attached hydrogens (tertiary/aromatic N) is 1. The average molecular weight is 437 g/mol. The molecule has 1 heterocycles. The first-order chi connectivity index (χ1) is 14.2. The van der Waals surface area contributed by atoms with Gasteiger partial charge >= 0.3 is 0 Å². The van der Waals surface area contributed by atoms with E-state index in [4.69, 9.17) is 11.6 Å². The molecule has 4 rings (SSSR count). The molecule has 0 spiro atoms. The number of benzene rings is 3. The summed E-state index contributed by atoms with van der Waals surface area (Å²) >= 11 is 8.77. The number of amides is 1. The van der Waals surface area contributed by atoms with Crippen LogP contribution < -0.4 is 5.32 Å². The Hall–Kier alpha value is -2.60. The van der Waals surface area contributed by atoms with E-state index in [2.05, 4.69) is 46.7 Å². The van der Waals surface area contributed by atoms with Crippen LogP contribution >= 0.6 is 34.7 Å². The molecule has 1 amide bonds. The van der Waals surface area contributed by atoms with Crippen LogP contribution in [0, 0.1) is 0 Å². The van der Waals surface area contributed by atoms with Crippen LogP contribution in [-0.4, -0.2) is 16.6 Å². The fourth-order valence-electron chi connectivity index (χ4n) is 2.76. The van der Waals surface area contributed by atoms with Gasteiger partial charge in [-0.25, -0.2) is 4.98 Å². The number of aromatic nitrogens is 1. The second-order valence-corrected chi connectivity index (χ2v) is 8.62. The van der Waals surface area contributed by atoms with Gasteiger partial charge in [0.05, 0.1) is 11.4 Å². The van der Waals surface area contributed by atoms with Crippen LogP contribution in [0.25, 0.3) is 22.4 Å². The molecule has 6 heteroatoms. The van der Waals surface area contributed by atoms with Gasteiger partial charge in [-0.15, -0.1) is 23.1 Å². The molecule has 0 saturated heterocycles. The predicted octanol–water partition coefficient (Wildman–Crippen LogP) is 6.86. The number of nitrogens with one attached hydrogen (secondary N) is 1. The lowest BCUT2D eigenvalue weighted by Crippen LogP contribution is -2.13. The summed E-state index contributed by atoms with van der Waals surface area (Å²) in [7, 11) is 0. The Morgan fingerprint density at radius 1 is 0.897 bits per heavy atom. The molecule has 3 nitrogen and oxygen atoms in total. The molecule has 0 aliphatic carbocycles. The van der Waals surface area contributed by atoms with Crippen molar-refractivity contribution in [3.63, 3.8) is 0 Å². The van der Waals surface area contributed by atoms with Crippen molar-refractivity contribution in [3.8, 4) is 22.4 Å². The zero-order valence-electron chi connectivity index (χ0n) is 15.3. The molecule has 1 aromatic heterocycles. The standard InChI is InChI=1S/C23H17ClN2OS2/c24-19-10-12-20(13-11-19)28-15-22(27)26-23-25-21(14-29-23)18-8-6-17(7-9-18)16-4-2-1-3-5-16/h1-14H,15H2,(H,25,26,27). The van der Waals surface area contributed by atoms with Crippen LogP contribution in [0.1, 0.15) is 0 Å². The number of carbonyl (C=O) groups excluding carboxylic acids is 1. The van der Waals surface area contributed by atoms with Gasteiger partial charge in [0.25, 0.3) is 0 Å². The Kier molecular flexibility index (Phi) is 6.30. The highest BCUT2D eigenvalue weighted by Crippen LogP contribution is 2.28. The number of thioether (sulfide) groups is 1. The van der Waals surface area contributed by atoms with Crippen LogP contribution in [0.15, 0.2) is 89.1 Å². The largest absolute Gasteiger partial charge is 0.301 e. The van der Waals surface area contributed by atoms with Crippen molar-refractivity contribution in [2.75, 3.05) is 11.1 Å². The zero-order valence-corrected chi connectivity index (χ0v) is 17.7. The summed E-state index contributed by atoms with van der Waals surface area (Å²) in [6.45, 7) is 0. The summed E-state index contributed by atoms with van der Waals surface area (Å²) in [5, 5.41) is 6.12. The predicted molar refractivity (Wildman–Crippen MR) is 124 cm³/mol. The van der Waals surface area contributed by atoms with E-state index in [-0.39, 0.29) is 5.91 Å². The number of hydrogen-bond acceptors (Lipinski definition) is 4. The first-order valence-corrected chi connectivity index (χ1v) is 11.2. The normalized spacial score (nSPS) is 10.7. The third kappa shape index (κ3) is 5.26. The fourth-order valence-corrected chi connectivity index (χ4v) is 4.32. The van der Waals surface area contributed by atoms with Crippen molar-refractivity contribution in [1.29, 1.82) is 0 Å². The Morgan fingerprint density at radius 2 is 1.55 bits per heavy atom. The maximum atomic E-state index is 12.2. The number of carbonyl (C=O) groups is 1. The van der Waals surface area contributed by atoms with Crippen molar-refractivity contribution in [1.82, 2.24) is 4.98 Å². The molecule has 4 aromatic rings. The summed E-state index contributed by atoms with van der Waals surface area (Å²) in [6.07, 6.45) is 0. The number of rotatable bonds is 6. The van der Waals surface area contributed by atoms with E-state index in [1.165, 1.54) is 28.7 Å². The molecule has 144 valence electrons. The lowest BCUT2D eigenvalue weighted by atomic mass is 10.0. The van der Waals surface area contributed by atoms with Crippen molar-refractivity contribution < 1.29 is 4.79 Å². The van der Waals surface area contributed by atoms with Gasteiger partial charge < -0.3 is 5.32 Å². The second kappa shape index (κ2) is 9.27. The monoisotopic (exact) mass is 436 g/mol. The topological polar surface area (TPSA) is 42.0 Å². The Balaban J connectivity index is 1.36. The number of hydrogen-bond donors (Lipinski definition) is 1. The van der Waals surface area contributed by atoms with Crippen molar-refractivity contribution >= 4 is 45.7 Å². The molecule has 3 aromatic carbocycles. The second-order valence-electron chi connectivity index (χ2n) is 6.27. The third-order valence-corrected chi connectivity index (χ3v) is 6.24. The molecular formula is C23H17ClN2OS2. The van der Waals surface area contributed by atoms with Crippen LogP contribution in [0.3, 0.4) is 0 Å². The average Bonchev–Trinajstić information content (AvgIpc) is 3.22. The molecule has 0 aliphatic rings. The van der Waals surface area contributed by atoms with Gasteiger partial charge in [0, 0.05) is 20.9 Å². The quantitative estimate of drug-likeness (QED) is 0.335. The van der Waals surface area contributed by atoms with Gasteiger partial charge in [-0.3, -0.25) is 4.79 Å². The van der Waals surface area contributed by atoms with Gasteiger partial charge in [-0.2, -0.15) is 0 Å². The highest BCUT2D eigenvalue weighted by molar-refractivity contribution is 8.00. The van der Waals surface area contributed by atoms with E-state index in [1.807, 2.05) is 47.8 Å². The summed E-state index contributed by atoms with van der Waals surface area (Å²) in [5.41, 5.74) is 4.23. The van der Waals surface area contributed by atoms with Crippen molar-refractivity contribution in [3.05, 3.63) is 89.3 Å². The lowest BCUT2D eigenvalue weighted by Gasteiger charge is -2.03. The first-order valence-electron chi connectivity index (χ1n) is 8.97. The van der Waals surface area contributed by atoms with E-state index in [1.54, 1.807) is 0 Å². The maximum absolute atomic E-state index is 12.2. The molecule has 29 heavy (non-hydrogen) atoms. The zero-order chi connectivity index (χ0) is 20.1. The highest BCUT2D eigenvalue weighted by atomic mass is 35.5. The number of thiazole rings is 1. The summed E-state index contributed by atoms with van der Waals surface area (Å²) in [6, 6.07) is 26.0. The highest BCUT2D eigenvalue weighted by Gasteiger charge is 2.09. The van der Waals surface area contributed by atoms with E-state index >= 15 is 0 Å². The van der Waals surface area contributed by atoms with Crippen molar-refractivity contribution in [2.24, 2.45) is 0 Å². The van der Waals surface area contributed by atoms with Gasteiger partial charge in [0.2, 0.25) is 5.91 Å². The molecule has 0 atom stereocenters. The van der Waals surface area contributed by atoms with E-state index in [9.17, 15) is 4.79 Å². The molecule has 0 bridgehead atoms. The van der Waals surface area contributed by atoms with E-state index in [0.29, 0.717) is 15.9 Å². The number of halogens is 1. The molecule has 0 fully saturated rings. The minimum absolute atomic E-state index is 0.0784. The molecule has 0 aliphatic heterocycles. The number of anilines is 1. The van der Waals surface area contributed by atoms with Crippen LogP contribution in [0.2, 0.25) is 5.02 Å². The lowest BCUT2D eigenvalue weighted by molar-refractivity contribution is -0.113. The fraction of sp³-hybridized carbons (Fsp3) is 0.0435. The molecule has 0 unspecified atom stereocenters. The third-order valence-electron chi connectivity index (χ3n) is 4.22. The summed E-state index contributed by atoms with van der Waals surface area (Å²) in [4.78, 5) is 17.8. The summed E-state index contributed by atoms with van der Waals surface area (Å²) in [5.74, 6) is 0.243. The smallest absolute Gasteiger partial charge is 0.236 e. The van der Waals surface area contributed by atoms with Crippen LogP contribution in [0.5, 0.6) is 0 Å². The Morgan fingerprint density at radius 3 is 2.28 bits per heavy atom. The molecule has 0 saturated carbocycles. The van der Waals surface area contributed by atoms with Gasteiger partial charge in [-0.05, 0) is 35.4 Å². The first kappa shape index (κ1) is 19.7. The van der Waals surface area contributed by atoms with Crippen molar-refractivity contribution in [2.45, 2.75) is 4.90 Å². The van der Waals surface area contributed by atoms with E-state index < -0.39 is 0 Å². The van der Waals surface area contributed by atoms with Gasteiger partial charge in [0.1, 0.15) is 0 Å². The molecular weight excluding hydrogens is 420 g/mol. The summed E-state index contributed by atoms with van der Waals surface area (Å²) < 4.78 is 0. The van der Waals surface area contributed by atoms with Crippen LogP contribution in [-0.2, 0) is 4.79 Å². The molecule has 0 radical (unpaired) electrons. The van der Waals surface area contributed by atoms with Gasteiger partial charge in [0.15, 0.2) is 5.13 Å².